The van der Waals surface area contributed by atoms with Crippen molar-refractivity contribution in [2.45, 2.75) is 38.6 Å². The summed E-state index contributed by atoms with van der Waals surface area (Å²) in [6, 6.07) is 3.73. The Labute approximate surface area is 202 Å². The third-order valence-corrected chi connectivity index (χ3v) is 8.56. The minimum Gasteiger partial charge on any atom is -0.368 e. The van der Waals surface area contributed by atoms with E-state index in [0.717, 1.165) is 16.8 Å². The minimum atomic E-state index is -3.01. The van der Waals surface area contributed by atoms with Crippen LogP contribution in [-0.4, -0.2) is 54.8 Å². The van der Waals surface area contributed by atoms with Gasteiger partial charge in [-0.25, -0.2) is 18.4 Å². The first-order valence-corrected chi connectivity index (χ1v) is 13.1. The number of nitrogens with zero attached hydrogens (tertiary/aromatic N) is 7. The number of hydrogen-bond acceptors (Lipinski definition) is 10. The smallest absolute Gasteiger partial charge is 0.261 e. The van der Waals surface area contributed by atoms with Crippen LogP contribution >= 0.6 is 0 Å². The number of aromatic nitrogens is 7. The maximum absolute atomic E-state index is 11.8. The zero-order valence-corrected chi connectivity index (χ0v) is 20.5. The molecule has 0 aliphatic carbocycles. The molecule has 0 bridgehead atoms. The minimum absolute atomic E-state index is 0.0973. The van der Waals surface area contributed by atoms with Crippen LogP contribution in [0.25, 0.3) is 22.7 Å². The molecule has 1 aliphatic rings. The first kappa shape index (κ1) is 23.1. The number of sulfone groups is 1. The molecule has 5 heterocycles. The second-order valence-electron chi connectivity index (χ2n) is 9.31. The number of nitrogen functional groups attached to an aromatic ring is 1. The van der Waals surface area contributed by atoms with Crippen LogP contribution in [0.2, 0.25) is 0 Å². The fourth-order valence-electron chi connectivity index (χ4n) is 4.25. The molecule has 0 saturated carbocycles. The van der Waals surface area contributed by atoms with Crippen LogP contribution in [0.3, 0.4) is 0 Å². The lowest BCUT2D eigenvalue weighted by Crippen LogP contribution is -2.31. The van der Waals surface area contributed by atoms with Gasteiger partial charge in [-0.05, 0) is 30.9 Å². The maximum atomic E-state index is 11.8. The molecular weight excluding hydrogens is 468 g/mol. The van der Waals surface area contributed by atoms with Gasteiger partial charge in [0.1, 0.15) is 0 Å². The van der Waals surface area contributed by atoms with Gasteiger partial charge in [-0.3, -0.25) is 9.67 Å². The quantitative estimate of drug-likeness (QED) is 0.423. The van der Waals surface area contributed by atoms with Crippen LogP contribution in [0.1, 0.15) is 44.6 Å². The van der Waals surface area contributed by atoms with Crippen molar-refractivity contribution < 1.29 is 12.9 Å². The van der Waals surface area contributed by atoms with Gasteiger partial charge >= 0.3 is 0 Å². The SMILES string of the molecule is CC(C)C(C)(c1ccc(-c2cnc(N)nc2)nc1)c1noc(-c2cnn(C3CCS(=O)(=O)C3)c2)n1. The molecule has 0 radical (unpaired) electrons. The molecule has 1 saturated heterocycles. The van der Waals surface area contributed by atoms with Gasteiger partial charge in [0.05, 0.1) is 40.4 Å². The average Bonchev–Trinajstić information content (AvgIpc) is 3.58. The van der Waals surface area contributed by atoms with Gasteiger partial charge in [0.2, 0.25) is 5.95 Å². The second kappa shape index (κ2) is 8.52. The van der Waals surface area contributed by atoms with Crippen molar-refractivity contribution in [3.8, 4) is 22.7 Å². The number of anilines is 1. The molecule has 4 aromatic heterocycles. The van der Waals surface area contributed by atoms with Crippen molar-refractivity contribution in [3.05, 3.63) is 54.5 Å². The molecule has 182 valence electrons. The Balaban J connectivity index is 1.42. The topological polar surface area (TPSA) is 156 Å². The van der Waals surface area contributed by atoms with E-state index in [0.29, 0.717) is 23.7 Å². The van der Waals surface area contributed by atoms with E-state index in [-0.39, 0.29) is 29.4 Å². The van der Waals surface area contributed by atoms with Crippen LogP contribution in [0, 0.1) is 5.92 Å². The van der Waals surface area contributed by atoms with Gasteiger partial charge in [0.25, 0.3) is 5.89 Å². The van der Waals surface area contributed by atoms with E-state index in [9.17, 15) is 8.42 Å². The molecule has 12 heteroatoms. The molecule has 0 aromatic carbocycles. The normalized spacial score (nSPS) is 19.1. The van der Waals surface area contributed by atoms with E-state index in [2.05, 4.69) is 46.0 Å². The number of pyridine rings is 1. The van der Waals surface area contributed by atoms with Gasteiger partial charge in [-0.1, -0.05) is 25.1 Å². The summed E-state index contributed by atoms with van der Waals surface area (Å²) in [6.07, 6.45) is 9.02. The molecule has 2 atom stereocenters. The van der Waals surface area contributed by atoms with E-state index in [1.807, 2.05) is 12.1 Å². The first-order chi connectivity index (χ1) is 16.7. The van der Waals surface area contributed by atoms with Crippen LogP contribution in [0.5, 0.6) is 0 Å². The highest BCUT2D eigenvalue weighted by atomic mass is 32.2. The van der Waals surface area contributed by atoms with E-state index in [1.165, 1.54) is 0 Å². The van der Waals surface area contributed by atoms with Crippen molar-refractivity contribution in [1.29, 1.82) is 0 Å². The summed E-state index contributed by atoms with van der Waals surface area (Å²) < 4.78 is 30.9. The van der Waals surface area contributed by atoms with Crippen LogP contribution in [0.15, 0.2) is 47.6 Å². The fourth-order valence-corrected chi connectivity index (χ4v) is 5.95. The molecule has 1 aliphatic heterocycles. The standard InChI is InChI=1S/C23H26N8O3S/c1-14(2)23(3,17-4-5-19(25-11-17)15-8-26-22(24)27-9-15)21-29-20(34-30-21)16-10-28-31(12-16)18-6-7-35(32,33)13-18/h4-5,8-12,14,18H,6-7,13H2,1-3H3,(H2,24,26,27). The van der Waals surface area contributed by atoms with E-state index in [4.69, 9.17) is 15.2 Å². The van der Waals surface area contributed by atoms with E-state index < -0.39 is 15.3 Å². The Bertz CT molecular complexity index is 1440. The lowest BCUT2D eigenvalue weighted by molar-refractivity contribution is 0.350. The highest BCUT2D eigenvalue weighted by Crippen LogP contribution is 2.38. The predicted molar refractivity (Wildman–Crippen MR) is 129 cm³/mol. The summed E-state index contributed by atoms with van der Waals surface area (Å²) in [5, 5.41) is 8.65. The van der Waals surface area contributed by atoms with Crippen molar-refractivity contribution in [2.24, 2.45) is 5.92 Å². The first-order valence-electron chi connectivity index (χ1n) is 11.3. The Kier molecular flexibility index (Phi) is 5.62. The van der Waals surface area contributed by atoms with Gasteiger partial charge in [-0.2, -0.15) is 10.1 Å². The van der Waals surface area contributed by atoms with Crippen LogP contribution in [0.4, 0.5) is 5.95 Å². The summed E-state index contributed by atoms with van der Waals surface area (Å²) >= 11 is 0. The number of rotatable bonds is 6. The third-order valence-electron chi connectivity index (χ3n) is 6.81. The van der Waals surface area contributed by atoms with Crippen molar-refractivity contribution in [1.82, 2.24) is 34.9 Å². The highest BCUT2D eigenvalue weighted by Gasteiger charge is 2.38. The second-order valence-corrected chi connectivity index (χ2v) is 11.5. The van der Waals surface area contributed by atoms with Crippen molar-refractivity contribution >= 4 is 15.8 Å². The number of hydrogen-bond donors (Lipinski definition) is 1. The van der Waals surface area contributed by atoms with E-state index >= 15 is 0 Å². The van der Waals surface area contributed by atoms with E-state index in [1.54, 1.807) is 35.7 Å². The molecule has 0 spiro atoms. The van der Waals surface area contributed by atoms with Gasteiger partial charge in [-0.15, -0.1) is 0 Å². The summed E-state index contributed by atoms with van der Waals surface area (Å²) in [5.74, 6) is 1.49. The molecule has 5 rings (SSSR count). The lowest BCUT2D eigenvalue weighted by atomic mass is 9.73. The third kappa shape index (κ3) is 4.29. The Hall–Kier alpha value is -3.67. The molecule has 0 amide bonds. The Morgan fingerprint density at radius 2 is 1.89 bits per heavy atom. The number of nitrogens with two attached hydrogens (primary N) is 1. The summed E-state index contributed by atoms with van der Waals surface area (Å²) in [6.45, 7) is 6.24. The fraction of sp³-hybridized carbons (Fsp3) is 0.391. The highest BCUT2D eigenvalue weighted by molar-refractivity contribution is 7.91. The average molecular weight is 495 g/mol. The summed E-state index contributed by atoms with van der Waals surface area (Å²) in [7, 11) is -3.01. The molecule has 11 nitrogen and oxygen atoms in total. The molecule has 2 unspecified atom stereocenters. The Morgan fingerprint density at radius 1 is 1.11 bits per heavy atom. The summed E-state index contributed by atoms with van der Waals surface area (Å²) in [5.41, 5.74) is 8.09. The zero-order valence-electron chi connectivity index (χ0n) is 19.7. The Morgan fingerprint density at radius 3 is 2.51 bits per heavy atom. The molecule has 35 heavy (non-hydrogen) atoms. The molecular formula is C23H26N8O3S. The molecule has 4 aromatic rings. The molecule has 2 N–H and O–H groups in total. The summed E-state index contributed by atoms with van der Waals surface area (Å²) in [4.78, 5) is 17.4. The van der Waals surface area contributed by atoms with Crippen molar-refractivity contribution in [3.63, 3.8) is 0 Å². The van der Waals surface area contributed by atoms with Gasteiger partial charge < -0.3 is 10.3 Å². The van der Waals surface area contributed by atoms with Crippen molar-refractivity contribution in [2.75, 3.05) is 17.2 Å². The predicted octanol–water partition coefficient (Wildman–Crippen LogP) is 2.69. The maximum Gasteiger partial charge on any atom is 0.261 e. The lowest BCUT2D eigenvalue weighted by Gasteiger charge is -2.30. The zero-order chi connectivity index (χ0) is 24.8. The van der Waals surface area contributed by atoms with Crippen LogP contribution < -0.4 is 5.73 Å². The van der Waals surface area contributed by atoms with Gasteiger partial charge in [0, 0.05) is 30.4 Å². The van der Waals surface area contributed by atoms with Gasteiger partial charge in [0.15, 0.2) is 15.7 Å². The van der Waals surface area contributed by atoms with Crippen LogP contribution in [-0.2, 0) is 15.3 Å². The monoisotopic (exact) mass is 494 g/mol. The molecule has 1 fully saturated rings. The largest absolute Gasteiger partial charge is 0.368 e.